The van der Waals surface area contributed by atoms with E-state index in [0.29, 0.717) is 15.0 Å². The maximum absolute atomic E-state index is 12.5. The van der Waals surface area contributed by atoms with Crippen molar-refractivity contribution < 1.29 is 14.5 Å². The molecule has 7 nitrogen and oxygen atoms in total. The lowest BCUT2D eigenvalue weighted by atomic mass is 10.1. The molecule has 1 amide bonds. The molecule has 8 heteroatoms. The van der Waals surface area contributed by atoms with Crippen LogP contribution in [0.5, 0.6) is 5.75 Å². The first-order valence-corrected chi connectivity index (χ1v) is 9.17. The summed E-state index contributed by atoms with van der Waals surface area (Å²) in [7, 11) is 1.60. The molecule has 1 aromatic heterocycles. The summed E-state index contributed by atoms with van der Waals surface area (Å²) < 4.78 is 7.59. The molecule has 0 radical (unpaired) electrons. The van der Waals surface area contributed by atoms with Crippen molar-refractivity contribution in [2.75, 3.05) is 7.11 Å². The Balaban J connectivity index is 1.98. The minimum Gasteiger partial charge on any atom is -0.496 e. The zero-order valence-corrected chi connectivity index (χ0v) is 16.2. The molecule has 0 aliphatic carbocycles. The molecule has 2 aromatic carbocycles. The molecule has 3 rings (SSSR count). The molecular formula is C20H17N3O4S. The number of hydrogen-bond acceptors (Lipinski definition) is 5. The molecule has 28 heavy (non-hydrogen) atoms. The number of aryl methyl sites for hydroxylation is 1. The maximum atomic E-state index is 12.5. The number of hydrogen-bond donors (Lipinski definition) is 0. The molecule has 0 spiro atoms. The van der Waals surface area contributed by atoms with E-state index in [4.69, 9.17) is 11.2 Å². The summed E-state index contributed by atoms with van der Waals surface area (Å²) in [5.41, 5.74) is 2.45. The fourth-order valence-electron chi connectivity index (χ4n) is 2.88. The first kappa shape index (κ1) is 19.3. The van der Waals surface area contributed by atoms with Crippen LogP contribution in [0, 0.1) is 29.4 Å². The van der Waals surface area contributed by atoms with Crippen LogP contribution in [0.15, 0.2) is 41.4 Å². The van der Waals surface area contributed by atoms with Crippen LogP contribution in [0.25, 0.3) is 10.2 Å². The van der Waals surface area contributed by atoms with E-state index in [2.05, 4.69) is 10.9 Å². The number of ether oxygens (including phenoxy) is 1. The number of carbonyl (C=O) groups is 1. The molecular weight excluding hydrogens is 378 g/mol. The van der Waals surface area contributed by atoms with Gasteiger partial charge >= 0.3 is 0 Å². The minimum atomic E-state index is -0.460. The highest BCUT2D eigenvalue weighted by Gasteiger charge is 2.13. The quantitative estimate of drug-likeness (QED) is 0.377. The number of nitrogens with zero attached hydrogens (tertiary/aromatic N) is 3. The van der Waals surface area contributed by atoms with Crippen molar-refractivity contribution in [1.82, 2.24) is 4.57 Å². The van der Waals surface area contributed by atoms with E-state index in [9.17, 15) is 14.9 Å². The van der Waals surface area contributed by atoms with Gasteiger partial charge in [-0.3, -0.25) is 14.9 Å². The van der Waals surface area contributed by atoms with Crippen LogP contribution in [0.3, 0.4) is 0 Å². The van der Waals surface area contributed by atoms with Gasteiger partial charge < -0.3 is 9.30 Å². The van der Waals surface area contributed by atoms with E-state index in [1.165, 1.54) is 23.5 Å². The van der Waals surface area contributed by atoms with Gasteiger partial charge in [-0.1, -0.05) is 29.4 Å². The molecule has 142 valence electrons. The summed E-state index contributed by atoms with van der Waals surface area (Å²) in [5, 5.41) is 11.0. The third-order valence-electron chi connectivity index (χ3n) is 4.16. The second-order valence-corrected chi connectivity index (χ2v) is 7.08. The van der Waals surface area contributed by atoms with Crippen molar-refractivity contribution in [3.63, 3.8) is 0 Å². The largest absolute Gasteiger partial charge is 0.496 e. The van der Waals surface area contributed by atoms with Crippen LogP contribution in [0.4, 0.5) is 5.69 Å². The monoisotopic (exact) mass is 395 g/mol. The Hall–Kier alpha value is -3.44. The predicted octanol–water partition coefficient (Wildman–Crippen LogP) is 3.23. The van der Waals surface area contributed by atoms with Crippen LogP contribution < -0.4 is 9.54 Å². The van der Waals surface area contributed by atoms with E-state index >= 15 is 0 Å². The van der Waals surface area contributed by atoms with Crippen molar-refractivity contribution >= 4 is 33.1 Å². The van der Waals surface area contributed by atoms with Gasteiger partial charge in [0.2, 0.25) is 0 Å². The number of nitro benzene ring substituents is 1. The Morgan fingerprint density at radius 3 is 2.79 bits per heavy atom. The van der Waals surface area contributed by atoms with Crippen LogP contribution in [-0.4, -0.2) is 22.5 Å². The first-order valence-electron chi connectivity index (χ1n) is 8.35. The Bertz CT molecular complexity index is 1180. The summed E-state index contributed by atoms with van der Waals surface area (Å²) in [6.07, 6.45) is 5.58. The summed E-state index contributed by atoms with van der Waals surface area (Å²) in [6.45, 7) is 2.12. The van der Waals surface area contributed by atoms with Crippen molar-refractivity contribution in [3.8, 4) is 18.1 Å². The summed E-state index contributed by atoms with van der Waals surface area (Å²) in [6, 6.07) is 10.0. The lowest BCUT2D eigenvalue weighted by Gasteiger charge is -2.06. The summed E-state index contributed by atoms with van der Waals surface area (Å²) >= 11 is 1.20. The number of nitro groups is 1. The van der Waals surface area contributed by atoms with Gasteiger partial charge in [-0.25, -0.2) is 0 Å². The number of terminal acetylenes is 1. The number of amides is 1. The maximum Gasteiger partial charge on any atom is 0.270 e. The predicted molar refractivity (Wildman–Crippen MR) is 107 cm³/mol. The first-order chi connectivity index (χ1) is 13.4. The summed E-state index contributed by atoms with van der Waals surface area (Å²) in [5.74, 6) is 2.97. The van der Waals surface area contributed by atoms with Crippen LogP contribution in [0.2, 0.25) is 0 Å². The average molecular weight is 395 g/mol. The standard InChI is InChI=1S/C20H17N3O4S/c1-4-9-22-16-7-6-15(23(25)26)12-18(16)28-20(22)21-19(24)11-14-5-8-17(27-3)13(2)10-14/h1,5-8,10,12H,9,11H2,2-3H3. The van der Waals surface area contributed by atoms with Crippen LogP contribution in [-0.2, 0) is 17.8 Å². The number of thiazole rings is 1. The lowest BCUT2D eigenvalue weighted by Crippen LogP contribution is -2.17. The van der Waals surface area contributed by atoms with Gasteiger partial charge in [-0.2, -0.15) is 4.99 Å². The highest BCUT2D eigenvalue weighted by atomic mass is 32.1. The fourth-order valence-corrected chi connectivity index (χ4v) is 3.96. The molecule has 0 N–H and O–H groups in total. The molecule has 0 bridgehead atoms. The van der Waals surface area contributed by atoms with Gasteiger partial charge in [-0.05, 0) is 30.2 Å². The van der Waals surface area contributed by atoms with Crippen molar-refractivity contribution in [2.24, 2.45) is 4.99 Å². The van der Waals surface area contributed by atoms with Gasteiger partial charge in [0.05, 0.1) is 35.2 Å². The number of methoxy groups -OCH3 is 1. The third-order valence-corrected chi connectivity index (χ3v) is 5.20. The highest BCUT2D eigenvalue weighted by Crippen LogP contribution is 2.23. The van der Waals surface area contributed by atoms with Crippen LogP contribution >= 0.6 is 11.3 Å². The van der Waals surface area contributed by atoms with Gasteiger partial charge in [0, 0.05) is 12.1 Å². The van der Waals surface area contributed by atoms with Gasteiger partial charge in [-0.15, -0.1) is 6.42 Å². The Kier molecular flexibility index (Phi) is 5.57. The average Bonchev–Trinajstić information content (AvgIpc) is 2.98. The van der Waals surface area contributed by atoms with Gasteiger partial charge in [0.15, 0.2) is 4.80 Å². The van der Waals surface area contributed by atoms with Crippen molar-refractivity contribution in [3.05, 3.63) is 62.4 Å². The molecule has 3 aromatic rings. The molecule has 0 saturated carbocycles. The van der Waals surface area contributed by atoms with E-state index in [1.54, 1.807) is 17.7 Å². The number of benzene rings is 2. The van der Waals surface area contributed by atoms with Gasteiger partial charge in [0.1, 0.15) is 5.75 Å². The van der Waals surface area contributed by atoms with E-state index in [-0.39, 0.29) is 24.6 Å². The van der Waals surface area contributed by atoms with Crippen molar-refractivity contribution in [2.45, 2.75) is 19.9 Å². The Morgan fingerprint density at radius 2 is 2.14 bits per heavy atom. The molecule has 0 aliphatic heterocycles. The molecule has 0 saturated heterocycles. The second kappa shape index (κ2) is 8.06. The zero-order valence-electron chi connectivity index (χ0n) is 15.3. The van der Waals surface area contributed by atoms with E-state index < -0.39 is 4.92 Å². The molecule has 1 heterocycles. The molecule has 0 aliphatic rings. The summed E-state index contributed by atoms with van der Waals surface area (Å²) in [4.78, 5) is 27.7. The van der Waals surface area contributed by atoms with E-state index in [1.807, 2.05) is 25.1 Å². The smallest absolute Gasteiger partial charge is 0.270 e. The third kappa shape index (κ3) is 3.94. The van der Waals surface area contributed by atoms with Crippen LogP contribution in [0.1, 0.15) is 11.1 Å². The Labute approximate surface area is 165 Å². The molecule has 0 unspecified atom stereocenters. The molecule has 0 atom stereocenters. The fraction of sp³-hybridized carbons (Fsp3) is 0.200. The number of fused-ring (bicyclic) bond motifs is 1. The number of rotatable bonds is 5. The topological polar surface area (TPSA) is 86.7 Å². The normalized spacial score (nSPS) is 11.4. The number of non-ortho nitro benzene ring substituents is 1. The molecule has 0 fully saturated rings. The van der Waals surface area contributed by atoms with Gasteiger partial charge in [0.25, 0.3) is 11.6 Å². The lowest BCUT2D eigenvalue weighted by molar-refractivity contribution is -0.384. The Morgan fingerprint density at radius 1 is 1.36 bits per heavy atom. The SMILES string of the molecule is C#CCn1c(=NC(=O)Cc2ccc(OC)c(C)c2)sc2cc([N+](=O)[O-])ccc21. The number of aromatic nitrogens is 1. The second-order valence-electron chi connectivity index (χ2n) is 6.07. The highest BCUT2D eigenvalue weighted by molar-refractivity contribution is 7.16. The number of carbonyl (C=O) groups excluding carboxylic acids is 1. The van der Waals surface area contributed by atoms with Crippen molar-refractivity contribution in [1.29, 1.82) is 0 Å². The zero-order chi connectivity index (χ0) is 20.3. The van der Waals surface area contributed by atoms with E-state index in [0.717, 1.165) is 16.9 Å². The minimum absolute atomic E-state index is 0.0202.